The number of aromatic hydroxyl groups is 3. The largest absolute Gasteiger partial charge is 0.504 e. The Labute approximate surface area is 141 Å². The van der Waals surface area contributed by atoms with Gasteiger partial charge in [-0.2, -0.15) is 0 Å². The molecule has 3 rings (SSSR count). The van der Waals surface area contributed by atoms with Gasteiger partial charge < -0.3 is 25.4 Å². The second kappa shape index (κ2) is 5.85. The van der Waals surface area contributed by atoms with Crippen molar-refractivity contribution in [2.75, 3.05) is 13.7 Å². The Morgan fingerprint density at radius 1 is 1.14 bits per heavy atom. The van der Waals surface area contributed by atoms with Crippen LogP contribution in [0.3, 0.4) is 0 Å². The van der Waals surface area contributed by atoms with E-state index in [2.05, 4.69) is 27.9 Å². The van der Waals surface area contributed by atoms with Crippen molar-refractivity contribution in [3.05, 3.63) is 44.5 Å². The topological polar surface area (TPSA) is 86.5 Å². The predicted octanol–water partition coefficient (Wildman–Crippen LogP) is 1.63. The average molecular weight is 414 g/mol. The van der Waals surface area contributed by atoms with Crippen LogP contribution in [0.2, 0.25) is 0 Å². The molecule has 1 aliphatic rings. The van der Waals surface area contributed by atoms with E-state index in [0.717, 1.165) is 33.2 Å². The van der Waals surface area contributed by atoms with Gasteiger partial charge >= 0.3 is 0 Å². The maximum absolute atomic E-state index is 9.98. The lowest BCUT2D eigenvalue weighted by Gasteiger charge is -2.25. The molecule has 0 aliphatic carbocycles. The third-order valence-corrected chi connectivity index (χ3v) is 4.84. The standard InChI is InChI=1S/C16H16INO4/c1-22-14-6-9(4-11(17)16(14)21)15-10-7-13(20)12(19)5-8(10)2-3-18-15/h4-7,15,18-21H,2-3H2,1H3/p+1/t15-/m1/s1. The summed E-state index contributed by atoms with van der Waals surface area (Å²) in [4.78, 5) is 0. The lowest BCUT2D eigenvalue weighted by Crippen LogP contribution is -2.87. The SMILES string of the molecule is COc1cc([C@H]2[NH2+]CCc3cc(O)c(O)cc32)cc(I)c1O. The molecule has 1 aliphatic heterocycles. The van der Waals surface area contributed by atoms with E-state index >= 15 is 0 Å². The Bertz CT molecular complexity index is 733. The van der Waals surface area contributed by atoms with E-state index in [-0.39, 0.29) is 23.3 Å². The summed E-state index contributed by atoms with van der Waals surface area (Å²) in [6, 6.07) is 6.99. The number of ether oxygens (including phenoxy) is 1. The highest BCUT2D eigenvalue weighted by Gasteiger charge is 2.28. The molecule has 1 atom stereocenters. The summed E-state index contributed by atoms with van der Waals surface area (Å²) >= 11 is 2.07. The predicted molar refractivity (Wildman–Crippen MR) is 89.5 cm³/mol. The second-order valence-electron chi connectivity index (χ2n) is 5.35. The summed E-state index contributed by atoms with van der Waals surface area (Å²) in [5, 5.41) is 31.7. The van der Waals surface area contributed by atoms with E-state index in [9.17, 15) is 15.3 Å². The van der Waals surface area contributed by atoms with Crippen LogP contribution in [0.4, 0.5) is 0 Å². The van der Waals surface area contributed by atoms with Crippen LogP contribution in [0.25, 0.3) is 0 Å². The molecular weight excluding hydrogens is 397 g/mol. The molecule has 22 heavy (non-hydrogen) atoms. The van der Waals surface area contributed by atoms with Gasteiger partial charge in [-0.1, -0.05) is 0 Å². The molecule has 116 valence electrons. The van der Waals surface area contributed by atoms with Gasteiger partial charge in [0.2, 0.25) is 0 Å². The first-order chi connectivity index (χ1) is 10.5. The van der Waals surface area contributed by atoms with E-state index in [1.54, 1.807) is 12.1 Å². The molecule has 0 radical (unpaired) electrons. The van der Waals surface area contributed by atoms with Gasteiger partial charge in [-0.3, -0.25) is 0 Å². The van der Waals surface area contributed by atoms with Crippen LogP contribution in [-0.4, -0.2) is 29.0 Å². The van der Waals surface area contributed by atoms with Crippen molar-refractivity contribution in [1.82, 2.24) is 0 Å². The number of phenolic OH excluding ortho intramolecular Hbond substituents is 3. The van der Waals surface area contributed by atoms with Crippen molar-refractivity contribution in [3.8, 4) is 23.0 Å². The number of hydrogen-bond donors (Lipinski definition) is 4. The molecule has 0 fully saturated rings. The van der Waals surface area contributed by atoms with Gasteiger partial charge in [0, 0.05) is 17.5 Å². The van der Waals surface area contributed by atoms with Gasteiger partial charge in [-0.15, -0.1) is 0 Å². The number of phenols is 3. The molecule has 0 unspecified atom stereocenters. The third-order valence-electron chi connectivity index (χ3n) is 4.02. The summed E-state index contributed by atoms with van der Waals surface area (Å²) in [6.45, 7) is 0.891. The smallest absolute Gasteiger partial charge is 0.171 e. The van der Waals surface area contributed by atoms with Gasteiger partial charge in [0.15, 0.2) is 23.0 Å². The minimum Gasteiger partial charge on any atom is -0.504 e. The van der Waals surface area contributed by atoms with Crippen LogP contribution < -0.4 is 10.1 Å². The van der Waals surface area contributed by atoms with Crippen molar-refractivity contribution < 1.29 is 25.4 Å². The van der Waals surface area contributed by atoms with Gasteiger partial charge in [-0.05, 0) is 52.4 Å². The minimum absolute atomic E-state index is 0.00161. The monoisotopic (exact) mass is 414 g/mol. The zero-order valence-corrected chi connectivity index (χ0v) is 14.2. The zero-order valence-electron chi connectivity index (χ0n) is 12.0. The van der Waals surface area contributed by atoms with Crippen molar-refractivity contribution in [1.29, 1.82) is 0 Å². The molecule has 5 nitrogen and oxygen atoms in total. The van der Waals surface area contributed by atoms with Crippen LogP contribution in [0, 0.1) is 3.57 Å². The zero-order chi connectivity index (χ0) is 15.9. The number of benzene rings is 2. The van der Waals surface area contributed by atoms with Crippen molar-refractivity contribution in [2.24, 2.45) is 0 Å². The third kappa shape index (κ3) is 2.56. The summed E-state index contributed by atoms with van der Waals surface area (Å²) < 4.78 is 5.95. The van der Waals surface area contributed by atoms with Gasteiger partial charge in [-0.25, -0.2) is 0 Å². The number of halogens is 1. The lowest BCUT2D eigenvalue weighted by atomic mass is 9.89. The fraction of sp³-hybridized carbons (Fsp3) is 0.250. The maximum Gasteiger partial charge on any atom is 0.171 e. The highest BCUT2D eigenvalue weighted by atomic mass is 127. The average Bonchev–Trinajstić information content (AvgIpc) is 2.50. The number of nitrogens with two attached hydrogens (primary N) is 1. The number of fused-ring (bicyclic) bond motifs is 1. The summed E-state index contributed by atoms with van der Waals surface area (Å²) in [5.74, 6) is 0.374. The minimum atomic E-state index is -0.112. The summed E-state index contributed by atoms with van der Waals surface area (Å²) in [5.41, 5.74) is 3.00. The van der Waals surface area contributed by atoms with Crippen LogP contribution in [0.1, 0.15) is 22.7 Å². The van der Waals surface area contributed by atoms with Gasteiger partial charge in [0.05, 0.1) is 17.2 Å². The number of rotatable bonds is 2. The van der Waals surface area contributed by atoms with Crippen molar-refractivity contribution >= 4 is 22.6 Å². The second-order valence-corrected chi connectivity index (χ2v) is 6.51. The molecule has 2 aromatic rings. The lowest BCUT2D eigenvalue weighted by molar-refractivity contribution is -0.690. The Morgan fingerprint density at radius 3 is 2.59 bits per heavy atom. The Hall–Kier alpha value is -1.67. The molecule has 1 heterocycles. The van der Waals surface area contributed by atoms with Crippen LogP contribution >= 0.6 is 22.6 Å². The Kier molecular flexibility index (Phi) is 4.05. The maximum atomic E-state index is 9.98. The first-order valence-electron chi connectivity index (χ1n) is 6.95. The molecule has 0 aromatic heterocycles. The summed E-state index contributed by atoms with van der Waals surface area (Å²) in [6.07, 6.45) is 0.839. The highest BCUT2D eigenvalue weighted by Crippen LogP contribution is 2.38. The molecular formula is C16H17INO4+. The molecule has 0 saturated carbocycles. The van der Waals surface area contributed by atoms with E-state index in [4.69, 9.17) is 4.74 Å². The molecule has 2 aromatic carbocycles. The van der Waals surface area contributed by atoms with E-state index < -0.39 is 0 Å². The molecule has 5 N–H and O–H groups in total. The van der Waals surface area contributed by atoms with Crippen LogP contribution in [0.5, 0.6) is 23.0 Å². The van der Waals surface area contributed by atoms with Crippen LogP contribution in [0.15, 0.2) is 24.3 Å². The fourth-order valence-corrected chi connectivity index (χ4v) is 3.54. The van der Waals surface area contributed by atoms with E-state index in [0.29, 0.717) is 5.75 Å². The quantitative estimate of drug-likeness (QED) is 0.445. The normalized spacial score (nSPS) is 17.1. The summed E-state index contributed by atoms with van der Waals surface area (Å²) in [7, 11) is 1.53. The molecule has 0 bridgehead atoms. The first kappa shape index (κ1) is 15.2. The number of hydrogen-bond acceptors (Lipinski definition) is 4. The van der Waals surface area contributed by atoms with Crippen molar-refractivity contribution in [2.45, 2.75) is 12.5 Å². The van der Waals surface area contributed by atoms with Crippen molar-refractivity contribution in [3.63, 3.8) is 0 Å². The fourth-order valence-electron chi connectivity index (χ4n) is 2.92. The Morgan fingerprint density at radius 2 is 1.86 bits per heavy atom. The van der Waals surface area contributed by atoms with E-state index in [1.165, 1.54) is 7.11 Å². The molecule has 6 heteroatoms. The van der Waals surface area contributed by atoms with Gasteiger partial charge in [0.1, 0.15) is 6.04 Å². The van der Waals surface area contributed by atoms with E-state index in [1.807, 2.05) is 12.1 Å². The molecule has 0 amide bonds. The highest BCUT2D eigenvalue weighted by molar-refractivity contribution is 14.1. The molecule has 0 spiro atoms. The molecule has 0 saturated heterocycles. The first-order valence-corrected chi connectivity index (χ1v) is 8.03. The number of methoxy groups -OCH3 is 1. The number of quaternary nitrogens is 1. The van der Waals surface area contributed by atoms with Gasteiger partial charge in [0.25, 0.3) is 0 Å². The van der Waals surface area contributed by atoms with Crippen LogP contribution in [-0.2, 0) is 6.42 Å². The Balaban J connectivity index is 2.12.